The van der Waals surface area contributed by atoms with E-state index in [1.165, 1.54) is 103 Å². The van der Waals surface area contributed by atoms with Gasteiger partial charge in [-0.15, -0.1) is 34.8 Å². The first-order valence-corrected chi connectivity index (χ1v) is 11.1. The second-order valence-corrected chi connectivity index (χ2v) is 7.28. The van der Waals surface area contributed by atoms with Crippen molar-refractivity contribution in [1.82, 2.24) is 0 Å². The van der Waals surface area contributed by atoms with Crippen molar-refractivity contribution in [2.45, 2.75) is 110 Å². The van der Waals surface area contributed by atoms with Crippen LogP contribution >= 0.6 is 34.8 Å². The average molecular weight is 374 g/mol. The third-order valence-electron chi connectivity index (χ3n) is 3.99. The van der Waals surface area contributed by atoms with Crippen molar-refractivity contribution in [3.8, 4) is 0 Å². The highest BCUT2D eigenvalue weighted by atomic mass is 35.5. The molecule has 0 rings (SSSR count). The first-order valence-electron chi connectivity index (χ1n) is 9.51. The second-order valence-electron chi connectivity index (χ2n) is 6.09. The fraction of sp³-hybridized carbons (Fsp3) is 1.00. The molecule has 136 valence electrons. The van der Waals surface area contributed by atoms with E-state index in [0.717, 1.165) is 5.88 Å². The summed E-state index contributed by atoms with van der Waals surface area (Å²) in [6.45, 7) is 2.29. The third-order valence-corrected chi connectivity index (χ3v) is 4.25. The predicted molar refractivity (Wildman–Crippen MR) is 107 cm³/mol. The number of halogens is 3. The molecule has 0 bridgehead atoms. The van der Waals surface area contributed by atoms with Crippen molar-refractivity contribution < 1.29 is 0 Å². The lowest BCUT2D eigenvalue weighted by Gasteiger charge is -2.03. The summed E-state index contributed by atoms with van der Waals surface area (Å²) in [5.74, 6) is 0.846. The molecule has 0 aliphatic carbocycles. The standard InChI is InChI=1S/C18H37Cl.CH2Cl2/c1-2-3-4-5-6-7-8-9-10-11-12-13-14-15-16-17-18-19;2-1-3/h2-18H2,1H3;1H2. The van der Waals surface area contributed by atoms with E-state index in [9.17, 15) is 0 Å². The Morgan fingerprint density at radius 3 is 0.864 bits per heavy atom. The summed E-state index contributed by atoms with van der Waals surface area (Å²) >= 11 is 15.2. The lowest BCUT2D eigenvalue weighted by atomic mass is 10.0. The zero-order valence-corrected chi connectivity index (χ0v) is 17.1. The van der Waals surface area contributed by atoms with Crippen LogP contribution < -0.4 is 0 Å². The van der Waals surface area contributed by atoms with Crippen molar-refractivity contribution >= 4 is 34.8 Å². The highest BCUT2D eigenvalue weighted by Crippen LogP contribution is 2.13. The van der Waals surface area contributed by atoms with E-state index in [0.29, 0.717) is 0 Å². The molecule has 0 aromatic rings. The molecule has 22 heavy (non-hydrogen) atoms. The van der Waals surface area contributed by atoms with E-state index < -0.39 is 0 Å². The maximum atomic E-state index is 5.66. The number of alkyl halides is 3. The van der Waals surface area contributed by atoms with E-state index in [-0.39, 0.29) is 5.34 Å². The fourth-order valence-electron chi connectivity index (χ4n) is 2.64. The largest absolute Gasteiger partial charge is 0.127 e. The summed E-state index contributed by atoms with van der Waals surface area (Å²) in [5, 5.41) is 0.194. The Morgan fingerprint density at radius 2 is 0.636 bits per heavy atom. The number of hydrogen-bond acceptors (Lipinski definition) is 0. The van der Waals surface area contributed by atoms with Crippen LogP contribution in [0.15, 0.2) is 0 Å². The molecule has 0 saturated heterocycles. The first-order chi connectivity index (χ1) is 10.8. The van der Waals surface area contributed by atoms with Crippen LogP contribution in [0.4, 0.5) is 0 Å². The first kappa shape index (κ1) is 25.1. The Bertz CT molecular complexity index is 147. The molecule has 0 fully saturated rings. The highest BCUT2D eigenvalue weighted by Gasteiger charge is 1.94. The van der Waals surface area contributed by atoms with Gasteiger partial charge in [0, 0.05) is 5.88 Å². The molecular weight excluding hydrogens is 335 g/mol. The molecule has 0 spiro atoms. The Balaban J connectivity index is 0. The van der Waals surface area contributed by atoms with Gasteiger partial charge in [0.1, 0.15) is 0 Å². The van der Waals surface area contributed by atoms with Crippen LogP contribution in [0.2, 0.25) is 0 Å². The molecule has 0 aromatic carbocycles. The van der Waals surface area contributed by atoms with E-state index in [1.807, 2.05) is 0 Å². The Kier molecular flexibility index (Phi) is 30.5. The number of hydrogen-bond donors (Lipinski definition) is 0. The monoisotopic (exact) mass is 372 g/mol. The molecule has 0 nitrogen and oxygen atoms in total. The molecule has 0 heterocycles. The van der Waals surface area contributed by atoms with E-state index in [2.05, 4.69) is 6.92 Å². The van der Waals surface area contributed by atoms with Gasteiger partial charge < -0.3 is 0 Å². The lowest BCUT2D eigenvalue weighted by molar-refractivity contribution is 0.531. The number of unbranched alkanes of at least 4 members (excludes halogenated alkanes) is 15. The molecule has 0 N–H and O–H groups in total. The van der Waals surface area contributed by atoms with Gasteiger partial charge in [0.05, 0.1) is 5.34 Å². The number of rotatable bonds is 16. The van der Waals surface area contributed by atoms with Gasteiger partial charge in [-0.05, 0) is 6.42 Å². The summed E-state index contributed by atoms with van der Waals surface area (Å²) in [7, 11) is 0. The molecule has 0 atom stereocenters. The van der Waals surface area contributed by atoms with Crippen molar-refractivity contribution in [3.63, 3.8) is 0 Å². The zero-order valence-electron chi connectivity index (χ0n) is 14.9. The molecule has 0 saturated carbocycles. The Morgan fingerprint density at radius 1 is 0.409 bits per heavy atom. The van der Waals surface area contributed by atoms with Gasteiger partial charge >= 0.3 is 0 Å². The topological polar surface area (TPSA) is 0 Å². The van der Waals surface area contributed by atoms with Crippen molar-refractivity contribution in [1.29, 1.82) is 0 Å². The average Bonchev–Trinajstić information content (AvgIpc) is 2.52. The Hall–Kier alpha value is 0.870. The molecule has 3 heteroatoms. The summed E-state index contributed by atoms with van der Waals surface area (Å²) in [6.07, 6.45) is 22.8. The lowest BCUT2D eigenvalue weighted by Crippen LogP contribution is -1.83. The molecule has 0 aliphatic rings. The van der Waals surface area contributed by atoms with Gasteiger partial charge in [-0.2, -0.15) is 0 Å². The summed E-state index contributed by atoms with van der Waals surface area (Å²) in [5.41, 5.74) is 0. The van der Waals surface area contributed by atoms with Crippen molar-refractivity contribution in [2.24, 2.45) is 0 Å². The molecule has 0 aromatic heterocycles. The molecule has 0 amide bonds. The minimum absolute atomic E-state index is 0.194. The van der Waals surface area contributed by atoms with Crippen LogP contribution in [0.25, 0.3) is 0 Å². The zero-order chi connectivity index (χ0) is 16.7. The van der Waals surface area contributed by atoms with Crippen molar-refractivity contribution in [3.05, 3.63) is 0 Å². The minimum Gasteiger partial charge on any atom is -0.127 e. The van der Waals surface area contributed by atoms with Gasteiger partial charge in [-0.25, -0.2) is 0 Å². The minimum atomic E-state index is 0.194. The molecule has 0 aliphatic heterocycles. The second kappa shape index (κ2) is 26.8. The fourth-order valence-corrected chi connectivity index (χ4v) is 2.83. The van der Waals surface area contributed by atoms with Crippen LogP contribution in [-0.4, -0.2) is 11.2 Å². The van der Waals surface area contributed by atoms with Crippen molar-refractivity contribution in [2.75, 3.05) is 11.2 Å². The van der Waals surface area contributed by atoms with Crippen LogP contribution in [0.3, 0.4) is 0 Å². The van der Waals surface area contributed by atoms with Crippen LogP contribution in [0, 0.1) is 0 Å². The van der Waals surface area contributed by atoms with E-state index in [4.69, 9.17) is 34.8 Å². The van der Waals surface area contributed by atoms with Gasteiger partial charge in [0.25, 0.3) is 0 Å². The van der Waals surface area contributed by atoms with E-state index >= 15 is 0 Å². The molecule has 0 unspecified atom stereocenters. The molecular formula is C19H39Cl3. The third kappa shape index (κ3) is 29.0. The van der Waals surface area contributed by atoms with Crippen LogP contribution in [0.5, 0.6) is 0 Å². The predicted octanol–water partition coefficient (Wildman–Crippen LogP) is 8.91. The summed E-state index contributed by atoms with van der Waals surface area (Å²) in [6, 6.07) is 0. The quantitative estimate of drug-likeness (QED) is 0.187. The van der Waals surface area contributed by atoms with Gasteiger partial charge in [0.2, 0.25) is 0 Å². The maximum Gasteiger partial charge on any atom is 0.0967 e. The van der Waals surface area contributed by atoms with E-state index in [1.54, 1.807) is 0 Å². The normalized spacial score (nSPS) is 10.4. The van der Waals surface area contributed by atoms with Crippen LogP contribution in [0.1, 0.15) is 110 Å². The summed E-state index contributed by atoms with van der Waals surface area (Å²) < 4.78 is 0. The maximum absolute atomic E-state index is 5.66. The summed E-state index contributed by atoms with van der Waals surface area (Å²) in [4.78, 5) is 0. The van der Waals surface area contributed by atoms with Gasteiger partial charge in [0.15, 0.2) is 0 Å². The Labute approximate surface area is 155 Å². The van der Waals surface area contributed by atoms with Gasteiger partial charge in [-0.3, -0.25) is 0 Å². The highest BCUT2D eigenvalue weighted by molar-refractivity contribution is 6.40. The smallest absolute Gasteiger partial charge is 0.0967 e. The van der Waals surface area contributed by atoms with Crippen LogP contribution in [-0.2, 0) is 0 Å². The SMILES string of the molecule is CCCCCCCCCCCCCCCCCCCl.ClCCl. The van der Waals surface area contributed by atoms with Gasteiger partial charge in [-0.1, -0.05) is 103 Å². The molecule has 0 radical (unpaired) electrons.